The van der Waals surface area contributed by atoms with Crippen LogP contribution in [-0.2, 0) is 6.42 Å². The van der Waals surface area contributed by atoms with Crippen LogP contribution in [0.5, 0.6) is 0 Å². The van der Waals surface area contributed by atoms with Gasteiger partial charge in [0.25, 0.3) is 5.91 Å². The maximum atomic E-state index is 12.9. The van der Waals surface area contributed by atoms with Crippen LogP contribution in [-0.4, -0.2) is 48.3 Å². The Morgan fingerprint density at radius 1 is 1.41 bits per heavy atom. The third-order valence-electron chi connectivity index (χ3n) is 4.51. The van der Waals surface area contributed by atoms with Crippen LogP contribution in [0.4, 0.5) is 0 Å². The average molecular weight is 305 g/mol. The number of ketones is 1. The van der Waals surface area contributed by atoms with E-state index in [0.717, 1.165) is 43.7 Å². The van der Waals surface area contributed by atoms with Crippen LogP contribution >= 0.6 is 0 Å². The van der Waals surface area contributed by atoms with Gasteiger partial charge in [-0.25, -0.2) is 0 Å². The molecule has 22 heavy (non-hydrogen) atoms. The van der Waals surface area contributed by atoms with E-state index in [9.17, 15) is 9.59 Å². The molecule has 1 aromatic heterocycles. The number of hydrogen-bond acceptors (Lipinski definition) is 3. The Morgan fingerprint density at radius 3 is 2.73 bits per heavy atom. The lowest BCUT2D eigenvalue weighted by molar-refractivity contribution is 0.0667. The Labute approximate surface area is 132 Å². The molecule has 0 saturated carbocycles. The Kier molecular flexibility index (Phi) is 5.40. The number of H-pyrrole nitrogens is 1. The third kappa shape index (κ3) is 3.24. The number of rotatable bonds is 5. The highest BCUT2D eigenvalue weighted by molar-refractivity contribution is 6.02. The zero-order valence-electron chi connectivity index (χ0n) is 14.1. The molecular weight excluding hydrogens is 278 g/mol. The standard InChI is InChI=1S/C17H27N3O2/c1-5-14-15(12(3)21)11(2)19-16(14)17(22)20-8-6-7-13(10-20)9-18-4/h13,18-19H,5-10H2,1-4H3. The lowest BCUT2D eigenvalue weighted by Gasteiger charge is -2.32. The van der Waals surface area contributed by atoms with E-state index >= 15 is 0 Å². The van der Waals surface area contributed by atoms with Crippen molar-refractivity contribution in [2.45, 2.75) is 40.0 Å². The van der Waals surface area contributed by atoms with Gasteiger partial charge in [0.15, 0.2) is 5.78 Å². The minimum absolute atomic E-state index is 0.0244. The van der Waals surface area contributed by atoms with Crippen molar-refractivity contribution in [3.8, 4) is 0 Å². The van der Waals surface area contributed by atoms with E-state index < -0.39 is 0 Å². The second-order valence-electron chi connectivity index (χ2n) is 6.21. The van der Waals surface area contributed by atoms with Crippen molar-refractivity contribution in [2.75, 3.05) is 26.7 Å². The van der Waals surface area contributed by atoms with Crippen molar-refractivity contribution in [3.05, 3.63) is 22.5 Å². The lowest BCUT2D eigenvalue weighted by Crippen LogP contribution is -2.42. The highest BCUT2D eigenvalue weighted by Gasteiger charge is 2.28. The van der Waals surface area contributed by atoms with Crippen molar-refractivity contribution >= 4 is 11.7 Å². The fourth-order valence-electron chi connectivity index (χ4n) is 3.55. The molecular formula is C17H27N3O2. The maximum absolute atomic E-state index is 12.9. The summed E-state index contributed by atoms with van der Waals surface area (Å²) < 4.78 is 0. The van der Waals surface area contributed by atoms with E-state index in [-0.39, 0.29) is 11.7 Å². The number of carbonyl (C=O) groups is 2. The van der Waals surface area contributed by atoms with Gasteiger partial charge in [-0.1, -0.05) is 6.92 Å². The Bertz CT molecular complexity index is 560. The normalized spacial score (nSPS) is 18.5. The first-order valence-corrected chi connectivity index (χ1v) is 8.15. The molecule has 0 bridgehead atoms. The predicted molar refractivity (Wildman–Crippen MR) is 87.5 cm³/mol. The van der Waals surface area contributed by atoms with Crippen LogP contribution in [0.3, 0.4) is 0 Å². The fourth-order valence-corrected chi connectivity index (χ4v) is 3.55. The van der Waals surface area contributed by atoms with Crippen LogP contribution < -0.4 is 5.32 Å². The summed E-state index contributed by atoms with van der Waals surface area (Å²) in [5, 5.41) is 3.20. The van der Waals surface area contributed by atoms with Gasteiger partial charge in [-0.05, 0) is 58.2 Å². The Morgan fingerprint density at radius 2 is 2.14 bits per heavy atom. The summed E-state index contributed by atoms with van der Waals surface area (Å²) in [6, 6.07) is 0. The molecule has 1 aliphatic heterocycles. The summed E-state index contributed by atoms with van der Waals surface area (Å²) >= 11 is 0. The molecule has 1 atom stereocenters. The lowest BCUT2D eigenvalue weighted by atomic mass is 9.97. The highest BCUT2D eigenvalue weighted by atomic mass is 16.2. The Balaban J connectivity index is 2.26. The van der Waals surface area contributed by atoms with Gasteiger partial charge in [-0.15, -0.1) is 0 Å². The fraction of sp³-hybridized carbons (Fsp3) is 0.647. The van der Waals surface area contributed by atoms with E-state index in [1.54, 1.807) is 6.92 Å². The molecule has 1 fully saturated rings. The van der Waals surface area contributed by atoms with Gasteiger partial charge in [0.2, 0.25) is 0 Å². The van der Waals surface area contributed by atoms with Crippen LogP contribution in [0.2, 0.25) is 0 Å². The number of nitrogens with zero attached hydrogens (tertiary/aromatic N) is 1. The number of aromatic nitrogens is 1. The predicted octanol–water partition coefficient (Wildman–Crippen LogP) is 2.16. The van der Waals surface area contributed by atoms with Crippen molar-refractivity contribution in [2.24, 2.45) is 5.92 Å². The summed E-state index contributed by atoms with van der Waals surface area (Å²) in [5.74, 6) is 0.570. The van der Waals surface area contributed by atoms with E-state index in [1.807, 2.05) is 25.8 Å². The van der Waals surface area contributed by atoms with Crippen LogP contribution in [0.25, 0.3) is 0 Å². The SMILES string of the molecule is CCc1c(C(=O)N2CCCC(CNC)C2)[nH]c(C)c1C(C)=O. The molecule has 0 aliphatic carbocycles. The molecule has 0 radical (unpaired) electrons. The van der Waals surface area contributed by atoms with Gasteiger partial charge in [0.1, 0.15) is 5.69 Å². The zero-order valence-corrected chi connectivity index (χ0v) is 14.1. The molecule has 1 unspecified atom stereocenters. The molecule has 0 aromatic carbocycles. The van der Waals surface area contributed by atoms with E-state index in [1.165, 1.54) is 0 Å². The number of Topliss-reactive ketones (excluding diaryl/α,β-unsaturated/α-hetero) is 1. The monoisotopic (exact) mass is 305 g/mol. The number of amides is 1. The summed E-state index contributed by atoms with van der Waals surface area (Å²) in [4.78, 5) is 29.8. The van der Waals surface area contributed by atoms with E-state index in [4.69, 9.17) is 0 Å². The second-order valence-corrected chi connectivity index (χ2v) is 6.21. The molecule has 122 valence electrons. The molecule has 2 heterocycles. The van der Waals surface area contributed by atoms with Gasteiger partial charge in [0, 0.05) is 24.3 Å². The first-order valence-electron chi connectivity index (χ1n) is 8.15. The third-order valence-corrected chi connectivity index (χ3v) is 4.51. The topological polar surface area (TPSA) is 65.2 Å². The number of nitrogens with one attached hydrogen (secondary N) is 2. The van der Waals surface area contributed by atoms with Crippen molar-refractivity contribution in [3.63, 3.8) is 0 Å². The van der Waals surface area contributed by atoms with Crippen molar-refractivity contribution in [1.29, 1.82) is 0 Å². The number of hydrogen-bond donors (Lipinski definition) is 2. The van der Waals surface area contributed by atoms with Crippen molar-refractivity contribution < 1.29 is 9.59 Å². The summed E-state index contributed by atoms with van der Waals surface area (Å²) in [5.41, 5.74) is 2.96. The zero-order chi connectivity index (χ0) is 16.3. The summed E-state index contributed by atoms with van der Waals surface area (Å²) in [6.07, 6.45) is 2.89. The maximum Gasteiger partial charge on any atom is 0.270 e. The number of carbonyl (C=O) groups excluding carboxylic acids is 2. The minimum Gasteiger partial charge on any atom is -0.354 e. The van der Waals surface area contributed by atoms with Crippen molar-refractivity contribution in [1.82, 2.24) is 15.2 Å². The molecule has 1 amide bonds. The van der Waals surface area contributed by atoms with Gasteiger partial charge >= 0.3 is 0 Å². The van der Waals surface area contributed by atoms with Gasteiger partial charge < -0.3 is 15.2 Å². The number of likely N-dealkylation sites (tertiary alicyclic amines) is 1. The van der Waals surface area contributed by atoms with Gasteiger partial charge in [-0.3, -0.25) is 9.59 Å². The smallest absolute Gasteiger partial charge is 0.270 e. The minimum atomic E-state index is 0.0244. The number of aryl methyl sites for hydroxylation is 1. The molecule has 0 spiro atoms. The van der Waals surface area contributed by atoms with Gasteiger partial charge in [-0.2, -0.15) is 0 Å². The molecule has 1 aliphatic rings. The van der Waals surface area contributed by atoms with Gasteiger partial charge in [0.05, 0.1) is 0 Å². The first kappa shape index (κ1) is 16.7. The Hall–Kier alpha value is -1.62. The van der Waals surface area contributed by atoms with Crippen LogP contribution in [0.1, 0.15) is 58.8 Å². The van der Waals surface area contributed by atoms with Crippen LogP contribution in [0, 0.1) is 12.8 Å². The molecule has 5 heteroatoms. The highest BCUT2D eigenvalue weighted by Crippen LogP contribution is 2.24. The molecule has 1 saturated heterocycles. The second kappa shape index (κ2) is 7.09. The molecule has 2 N–H and O–H groups in total. The molecule has 2 rings (SSSR count). The average Bonchev–Trinajstić information content (AvgIpc) is 2.83. The van der Waals surface area contributed by atoms with E-state index in [2.05, 4.69) is 10.3 Å². The first-order chi connectivity index (χ1) is 10.5. The quantitative estimate of drug-likeness (QED) is 0.819. The molecule has 5 nitrogen and oxygen atoms in total. The molecule has 1 aromatic rings. The number of piperidine rings is 1. The largest absolute Gasteiger partial charge is 0.354 e. The van der Waals surface area contributed by atoms with Crippen LogP contribution in [0.15, 0.2) is 0 Å². The summed E-state index contributed by atoms with van der Waals surface area (Å²) in [6.45, 7) is 7.95. The number of aromatic amines is 1. The van der Waals surface area contributed by atoms with E-state index in [0.29, 0.717) is 23.6 Å². The summed E-state index contributed by atoms with van der Waals surface area (Å²) in [7, 11) is 1.95.